The van der Waals surface area contributed by atoms with E-state index in [-0.39, 0.29) is 16.0 Å². The SMILES string of the molecule is CCOc1ccc(C(=O)Nc2nnc(S(=O)(=O)N(CC)c3ccccc3)s2)cc1. The summed E-state index contributed by atoms with van der Waals surface area (Å²) >= 11 is 0.804. The molecular weight excluding hydrogens is 412 g/mol. The zero-order valence-corrected chi connectivity index (χ0v) is 17.5. The van der Waals surface area contributed by atoms with Crippen LogP contribution in [0.25, 0.3) is 0 Å². The summed E-state index contributed by atoms with van der Waals surface area (Å²) in [6, 6.07) is 15.4. The topological polar surface area (TPSA) is 101 Å². The lowest BCUT2D eigenvalue weighted by atomic mass is 10.2. The summed E-state index contributed by atoms with van der Waals surface area (Å²) in [5.74, 6) is 0.248. The summed E-state index contributed by atoms with van der Waals surface area (Å²) in [6.45, 7) is 4.38. The molecule has 1 amide bonds. The van der Waals surface area contributed by atoms with Gasteiger partial charge in [0.1, 0.15) is 5.75 Å². The van der Waals surface area contributed by atoms with Crippen LogP contribution in [0.2, 0.25) is 0 Å². The summed E-state index contributed by atoms with van der Waals surface area (Å²) in [7, 11) is -3.89. The minimum Gasteiger partial charge on any atom is -0.494 e. The van der Waals surface area contributed by atoms with Crippen molar-refractivity contribution in [2.75, 3.05) is 22.8 Å². The number of nitrogens with zero attached hydrogens (tertiary/aromatic N) is 3. The quantitative estimate of drug-likeness (QED) is 0.548. The first-order valence-electron chi connectivity index (χ1n) is 8.91. The molecule has 1 aromatic heterocycles. The van der Waals surface area contributed by atoms with Crippen LogP contribution in [-0.4, -0.2) is 37.7 Å². The molecule has 0 spiro atoms. The number of carbonyl (C=O) groups is 1. The standard InChI is InChI=1S/C19H20N4O4S2/c1-3-23(15-8-6-5-7-9-15)29(25,26)19-22-21-18(28-19)20-17(24)14-10-12-16(13-11-14)27-4-2/h5-13H,3-4H2,1-2H3,(H,20,21,24). The molecule has 0 radical (unpaired) electrons. The minimum absolute atomic E-state index is 0.103. The molecule has 1 heterocycles. The van der Waals surface area contributed by atoms with Crippen molar-refractivity contribution in [3.8, 4) is 5.75 Å². The number of nitrogens with one attached hydrogen (secondary N) is 1. The lowest BCUT2D eigenvalue weighted by molar-refractivity contribution is 0.102. The summed E-state index contributed by atoms with van der Waals surface area (Å²) in [5.41, 5.74) is 0.928. The van der Waals surface area contributed by atoms with Crippen LogP contribution in [0, 0.1) is 0 Å². The lowest BCUT2D eigenvalue weighted by Crippen LogP contribution is -2.30. The first kappa shape index (κ1) is 20.7. The fraction of sp³-hybridized carbons (Fsp3) is 0.211. The van der Waals surface area contributed by atoms with Gasteiger partial charge in [-0.3, -0.25) is 14.4 Å². The summed E-state index contributed by atoms with van der Waals surface area (Å²) < 4.78 is 32.3. The monoisotopic (exact) mass is 432 g/mol. The molecule has 3 aromatic rings. The van der Waals surface area contributed by atoms with Crippen LogP contribution in [0.15, 0.2) is 58.9 Å². The fourth-order valence-electron chi connectivity index (χ4n) is 2.58. The Balaban J connectivity index is 1.76. The van der Waals surface area contributed by atoms with Gasteiger partial charge >= 0.3 is 0 Å². The third kappa shape index (κ3) is 4.72. The van der Waals surface area contributed by atoms with E-state index in [9.17, 15) is 13.2 Å². The van der Waals surface area contributed by atoms with Gasteiger partial charge in [-0.25, -0.2) is 0 Å². The number of anilines is 2. The van der Waals surface area contributed by atoms with Crippen LogP contribution in [0.5, 0.6) is 5.75 Å². The van der Waals surface area contributed by atoms with Crippen molar-refractivity contribution < 1.29 is 17.9 Å². The Bertz CT molecular complexity index is 1070. The highest BCUT2D eigenvalue weighted by molar-refractivity contribution is 7.94. The number of amides is 1. The van der Waals surface area contributed by atoms with Crippen molar-refractivity contribution >= 4 is 38.1 Å². The highest BCUT2D eigenvalue weighted by Crippen LogP contribution is 2.27. The first-order valence-corrected chi connectivity index (χ1v) is 11.2. The molecule has 8 nitrogen and oxygen atoms in total. The van der Waals surface area contributed by atoms with E-state index in [4.69, 9.17) is 4.74 Å². The summed E-state index contributed by atoms with van der Waals surface area (Å²) in [4.78, 5) is 12.4. The second kappa shape index (κ2) is 9.01. The second-order valence-corrected chi connectivity index (χ2v) is 8.80. The fourth-order valence-corrected chi connectivity index (χ4v) is 5.05. The molecule has 2 aromatic carbocycles. The van der Waals surface area contributed by atoms with Gasteiger partial charge in [-0.05, 0) is 50.2 Å². The van der Waals surface area contributed by atoms with Gasteiger partial charge in [0.2, 0.25) is 5.13 Å². The van der Waals surface area contributed by atoms with E-state index in [1.54, 1.807) is 55.5 Å². The third-order valence-corrected chi connectivity index (χ3v) is 6.98. The van der Waals surface area contributed by atoms with Gasteiger partial charge in [-0.15, -0.1) is 10.2 Å². The van der Waals surface area contributed by atoms with Crippen molar-refractivity contribution in [3.05, 3.63) is 60.2 Å². The summed E-state index contributed by atoms with van der Waals surface area (Å²) in [5, 5.41) is 10.3. The maximum Gasteiger partial charge on any atom is 0.293 e. The molecule has 0 aliphatic carbocycles. The van der Waals surface area contributed by atoms with Gasteiger partial charge in [-0.1, -0.05) is 29.5 Å². The van der Waals surface area contributed by atoms with Crippen LogP contribution in [-0.2, 0) is 10.0 Å². The maximum absolute atomic E-state index is 12.9. The zero-order chi connectivity index (χ0) is 20.9. The number of ether oxygens (including phenoxy) is 1. The largest absolute Gasteiger partial charge is 0.494 e. The lowest BCUT2D eigenvalue weighted by Gasteiger charge is -2.20. The van der Waals surface area contributed by atoms with E-state index in [1.165, 1.54) is 4.31 Å². The van der Waals surface area contributed by atoms with Crippen LogP contribution < -0.4 is 14.4 Å². The predicted octanol–water partition coefficient (Wildman–Crippen LogP) is 3.40. The number of rotatable bonds is 8. The normalized spacial score (nSPS) is 11.1. The number of sulfonamides is 1. The molecule has 152 valence electrons. The van der Waals surface area contributed by atoms with Crippen molar-refractivity contribution in [3.63, 3.8) is 0 Å². The van der Waals surface area contributed by atoms with E-state index >= 15 is 0 Å². The number of benzene rings is 2. The van der Waals surface area contributed by atoms with Crippen molar-refractivity contribution in [1.82, 2.24) is 10.2 Å². The molecule has 10 heteroatoms. The number of hydrogen-bond acceptors (Lipinski definition) is 7. The van der Waals surface area contributed by atoms with Gasteiger partial charge in [0.05, 0.1) is 12.3 Å². The summed E-state index contributed by atoms with van der Waals surface area (Å²) in [6.07, 6.45) is 0. The van der Waals surface area contributed by atoms with Gasteiger partial charge < -0.3 is 4.74 Å². The predicted molar refractivity (Wildman–Crippen MR) is 112 cm³/mol. The number of para-hydroxylation sites is 1. The Kier molecular flexibility index (Phi) is 6.45. The van der Waals surface area contributed by atoms with Gasteiger partial charge in [-0.2, -0.15) is 8.42 Å². The molecule has 0 atom stereocenters. The Hall–Kier alpha value is -2.98. The minimum atomic E-state index is -3.89. The number of aromatic nitrogens is 2. The average Bonchev–Trinajstić information content (AvgIpc) is 3.19. The molecule has 0 saturated heterocycles. The van der Waals surface area contributed by atoms with E-state index in [1.807, 2.05) is 13.0 Å². The van der Waals surface area contributed by atoms with Gasteiger partial charge in [0.15, 0.2) is 0 Å². The third-order valence-electron chi connectivity index (χ3n) is 3.90. The molecular formula is C19H20N4O4S2. The molecule has 0 aliphatic rings. The van der Waals surface area contributed by atoms with Crippen molar-refractivity contribution in [2.24, 2.45) is 0 Å². The van der Waals surface area contributed by atoms with E-state index < -0.39 is 15.9 Å². The van der Waals surface area contributed by atoms with Crippen molar-refractivity contribution in [2.45, 2.75) is 18.2 Å². The molecule has 0 aliphatic heterocycles. The van der Waals surface area contributed by atoms with E-state index in [0.29, 0.717) is 23.6 Å². The van der Waals surface area contributed by atoms with E-state index in [2.05, 4.69) is 15.5 Å². The van der Waals surface area contributed by atoms with Gasteiger partial charge in [0, 0.05) is 12.1 Å². The van der Waals surface area contributed by atoms with Crippen LogP contribution in [0.4, 0.5) is 10.8 Å². The van der Waals surface area contributed by atoms with Gasteiger partial charge in [0.25, 0.3) is 20.3 Å². The Morgan fingerprint density at radius 1 is 1.07 bits per heavy atom. The Morgan fingerprint density at radius 3 is 2.38 bits per heavy atom. The maximum atomic E-state index is 12.9. The van der Waals surface area contributed by atoms with Crippen molar-refractivity contribution in [1.29, 1.82) is 0 Å². The Labute approximate surface area is 173 Å². The van der Waals surface area contributed by atoms with Crippen LogP contribution in [0.3, 0.4) is 0 Å². The molecule has 0 unspecified atom stereocenters. The highest BCUT2D eigenvalue weighted by atomic mass is 32.2. The van der Waals surface area contributed by atoms with Crippen LogP contribution >= 0.6 is 11.3 Å². The molecule has 0 bridgehead atoms. The molecule has 0 fully saturated rings. The molecule has 29 heavy (non-hydrogen) atoms. The Morgan fingerprint density at radius 2 is 1.76 bits per heavy atom. The zero-order valence-electron chi connectivity index (χ0n) is 15.9. The highest BCUT2D eigenvalue weighted by Gasteiger charge is 2.28. The second-order valence-electron chi connectivity index (χ2n) is 5.79. The number of carbonyl (C=O) groups excluding carboxylic acids is 1. The molecule has 3 rings (SSSR count). The van der Waals surface area contributed by atoms with Crippen LogP contribution in [0.1, 0.15) is 24.2 Å². The number of hydrogen-bond donors (Lipinski definition) is 1. The smallest absolute Gasteiger partial charge is 0.293 e. The first-order chi connectivity index (χ1) is 14.0. The average molecular weight is 433 g/mol. The van der Waals surface area contributed by atoms with E-state index in [0.717, 1.165) is 11.3 Å². The molecule has 0 saturated carbocycles. The molecule has 1 N–H and O–H groups in total.